The first kappa shape index (κ1) is 12.0. The van der Waals surface area contributed by atoms with Gasteiger partial charge in [0.15, 0.2) is 0 Å². The van der Waals surface area contributed by atoms with Crippen molar-refractivity contribution in [2.75, 3.05) is 19.6 Å². The maximum atomic E-state index is 4.24. The fraction of sp³-hybridized carbons (Fsp3) is 0.857. The van der Waals surface area contributed by atoms with Gasteiger partial charge in [0, 0.05) is 37.4 Å². The van der Waals surface area contributed by atoms with Gasteiger partial charge in [0.25, 0.3) is 0 Å². The molecular formula is C14H26N2. The van der Waals surface area contributed by atoms with E-state index in [0.717, 1.165) is 6.04 Å². The van der Waals surface area contributed by atoms with Crippen molar-refractivity contribution in [1.29, 1.82) is 0 Å². The summed E-state index contributed by atoms with van der Waals surface area (Å²) in [5, 5.41) is 0. The Balaban J connectivity index is 1.86. The Labute approximate surface area is 100 Å². The molecule has 0 aromatic heterocycles. The lowest BCUT2D eigenvalue weighted by Gasteiger charge is -2.43. The topological polar surface area (TPSA) is 6.48 Å². The van der Waals surface area contributed by atoms with Gasteiger partial charge in [-0.2, -0.15) is 0 Å². The zero-order valence-electron chi connectivity index (χ0n) is 10.9. The maximum absolute atomic E-state index is 4.24. The van der Waals surface area contributed by atoms with Crippen LogP contribution in [0.3, 0.4) is 0 Å². The molecule has 2 fully saturated rings. The molecule has 0 atom stereocenters. The summed E-state index contributed by atoms with van der Waals surface area (Å²) in [6.07, 6.45) is 6.60. The fourth-order valence-electron chi connectivity index (χ4n) is 3.07. The van der Waals surface area contributed by atoms with E-state index in [1.165, 1.54) is 57.4 Å². The third-order valence-electron chi connectivity index (χ3n) is 4.19. The van der Waals surface area contributed by atoms with Crippen LogP contribution in [0.15, 0.2) is 12.3 Å². The summed E-state index contributed by atoms with van der Waals surface area (Å²) in [7, 11) is 0. The summed E-state index contributed by atoms with van der Waals surface area (Å²) >= 11 is 0. The minimum absolute atomic E-state index is 0.713. The second-order valence-electron chi connectivity index (χ2n) is 5.58. The highest BCUT2D eigenvalue weighted by Crippen LogP contribution is 2.26. The summed E-state index contributed by atoms with van der Waals surface area (Å²) in [6.45, 7) is 12.6. The van der Waals surface area contributed by atoms with Crippen LogP contribution in [0.2, 0.25) is 0 Å². The van der Waals surface area contributed by atoms with Crippen LogP contribution in [0.1, 0.15) is 46.0 Å². The Morgan fingerprint density at radius 2 is 1.81 bits per heavy atom. The zero-order valence-corrected chi connectivity index (χ0v) is 10.9. The minimum atomic E-state index is 0.713. The lowest BCUT2D eigenvalue weighted by atomic mass is 9.98. The molecule has 0 aromatic rings. The van der Waals surface area contributed by atoms with Crippen molar-refractivity contribution in [1.82, 2.24) is 9.80 Å². The molecule has 0 aliphatic carbocycles. The molecular weight excluding hydrogens is 196 g/mol. The Morgan fingerprint density at radius 1 is 1.12 bits per heavy atom. The summed E-state index contributed by atoms with van der Waals surface area (Å²) in [5.74, 6) is 0. The Hall–Kier alpha value is -0.500. The van der Waals surface area contributed by atoms with Crippen molar-refractivity contribution in [3.63, 3.8) is 0 Å². The van der Waals surface area contributed by atoms with Gasteiger partial charge in [-0.3, -0.25) is 0 Å². The van der Waals surface area contributed by atoms with Crippen LogP contribution < -0.4 is 0 Å². The molecule has 0 saturated carbocycles. The van der Waals surface area contributed by atoms with Crippen molar-refractivity contribution >= 4 is 0 Å². The van der Waals surface area contributed by atoms with Gasteiger partial charge >= 0.3 is 0 Å². The predicted octanol–water partition coefficient (Wildman–Crippen LogP) is 2.86. The number of likely N-dealkylation sites (tertiary alicyclic amines) is 2. The van der Waals surface area contributed by atoms with Crippen LogP contribution in [0, 0.1) is 0 Å². The number of hydrogen-bond donors (Lipinski definition) is 0. The first-order valence-electron chi connectivity index (χ1n) is 6.87. The van der Waals surface area contributed by atoms with E-state index in [1.807, 2.05) is 0 Å². The molecule has 92 valence electrons. The largest absolute Gasteiger partial charge is 0.372 e. The van der Waals surface area contributed by atoms with Crippen molar-refractivity contribution < 1.29 is 0 Å². The summed E-state index contributed by atoms with van der Waals surface area (Å²) in [5.41, 5.74) is 1.40. The highest BCUT2D eigenvalue weighted by Gasteiger charge is 2.27. The van der Waals surface area contributed by atoms with Crippen molar-refractivity contribution in [3.8, 4) is 0 Å². The van der Waals surface area contributed by atoms with E-state index >= 15 is 0 Å². The van der Waals surface area contributed by atoms with Gasteiger partial charge in [-0.1, -0.05) is 6.58 Å². The Bertz CT molecular complexity index is 239. The van der Waals surface area contributed by atoms with E-state index in [2.05, 4.69) is 30.2 Å². The molecule has 2 rings (SSSR count). The van der Waals surface area contributed by atoms with Crippen LogP contribution in [0.25, 0.3) is 0 Å². The smallest absolute Gasteiger partial charge is 0.0311 e. The number of nitrogens with zero attached hydrogens (tertiary/aromatic N) is 2. The van der Waals surface area contributed by atoms with Crippen LogP contribution in [0.5, 0.6) is 0 Å². The van der Waals surface area contributed by atoms with E-state index in [0.29, 0.717) is 6.04 Å². The molecule has 0 aromatic carbocycles. The van der Waals surface area contributed by atoms with E-state index in [9.17, 15) is 0 Å². The Kier molecular flexibility index (Phi) is 3.91. The first-order valence-corrected chi connectivity index (χ1v) is 6.87. The van der Waals surface area contributed by atoms with Crippen LogP contribution >= 0.6 is 0 Å². The molecule has 0 radical (unpaired) electrons. The van der Waals surface area contributed by atoms with E-state index in [1.54, 1.807) is 0 Å². The number of allylic oxidation sites excluding steroid dienone is 1. The van der Waals surface area contributed by atoms with Gasteiger partial charge in [0.05, 0.1) is 0 Å². The molecule has 2 nitrogen and oxygen atoms in total. The molecule has 0 bridgehead atoms. The molecule has 2 aliphatic heterocycles. The van der Waals surface area contributed by atoms with Gasteiger partial charge in [-0.05, 0) is 46.0 Å². The van der Waals surface area contributed by atoms with Gasteiger partial charge in [0.1, 0.15) is 0 Å². The summed E-state index contributed by atoms with van der Waals surface area (Å²) < 4.78 is 0. The fourth-order valence-corrected chi connectivity index (χ4v) is 3.07. The quantitative estimate of drug-likeness (QED) is 0.709. The third kappa shape index (κ3) is 2.60. The lowest BCUT2D eigenvalue weighted by Crippen LogP contribution is -2.47. The molecule has 0 spiro atoms. The second-order valence-corrected chi connectivity index (χ2v) is 5.58. The average molecular weight is 222 g/mol. The van der Waals surface area contributed by atoms with E-state index in [4.69, 9.17) is 0 Å². The number of piperidine rings is 2. The van der Waals surface area contributed by atoms with Crippen molar-refractivity contribution in [3.05, 3.63) is 12.3 Å². The molecule has 0 unspecified atom stereocenters. The first-order chi connectivity index (χ1) is 7.68. The number of rotatable bonds is 2. The summed E-state index contributed by atoms with van der Waals surface area (Å²) in [6, 6.07) is 1.49. The van der Waals surface area contributed by atoms with Gasteiger partial charge in [0.2, 0.25) is 0 Å². The second kappa shape index (κ2) is 5.22. The molecule has 2 aliphatic rings. The average Bonchev–Trinajstić information content (AvgIpc) is 2.30. The molecule has 2 heterocycles. The standard InChI is InChI=1S/C14H26N2/c1-12(2)15-10-7-14(8-11-15)16-9-5-4-6-13(16)3/h12,14H,3-11H2,1-2H3. The van der Waals surface area contributed by atoms with Crippen LogP contribution in [-0.4, -0.2) is 41.5 Å². The molecule has 0 N–H and O–H groups in total. The number of hydrogen-bond acceptors (Lipinski definition) is 2. The van der Waals surface area contributed by atoms with Crippen LogP contribution in [-0.2, 0) is 0 Å². The predicted molar refractivity (Wildman–Crippen MR) is 69.4 cm³/mol. The minimum Gasteiger partial charge on any atom is -0.372 e. The van der Waals surface area contributed by atoms with Gasteiger partial charge in [-0.25, -0.2) is 0 Å². The normalized spacial score (nSPS) is 25.4. The highest BCUT2D eigenvalue weighted by atomic mass is 15.2. The highest BCUT2D eigenvalue weighted by molar-refractivity contribution is 5.01. The summed E-state index contributed by atoms with van der Waals surface area (Å²) in [4.78, 5) is 5.20. The van der Waals surface area contributed by atoms with Crippen LogP contribution in [0.4, 0.5) is 0 Å². The van der Waals surface area contributed by atoms with Gasteiger partial charge < -0.3 is 9.80 Å². The molecule has 0 amide bonds. The molecule has 16 heavy (non-hydrogen) atoms. The van der Waals surface area contributed by atoms with Crippen molar-refractivity contribution in [2.24, 2.45) is 0 Å². The Morgan fingerprint density at radius 3 is 2.38 bits per heavy atom. The van der Waals surface area contributed by atoms with E-state index in [-0.39, 0.29) is 0 Å². The molecule has 2 heteroatoms. The lowest BCUT2D eigenvalue weighted by molar-refractivity contribution is 0.102. The molecule has 2 saturated heterocycles. The zero-order chi connectivity index (χ0) is 11.5. The monoisotopic (exact) mass is 222 g/mol. The third-order valence-corrected chi connectivity index (χ3v) is 4.19. The van der Waals surface area contributed by atoms with Gasteiger partial charge in [-0.15, -0.1) is 0 Å². The van der Waals surface area contributed by atoms with Crippen molar-refractivity contribution in [2.45, 2.75) is 58.0 Å². The SMILES string of the molecule is C=C1CCCCN1C1CCN(C(C)C)CC1. The maximum Gasteiger partial charge on any atom is 0.0311 e. The van der Waals surface area contributed by atoms with E-state index < -0.39 is 0 Å².